The van der Waals surface area contributed by atoms with Gasteiger partial charge in [-0.15, -0.1) is 22.7 Å². The molecule has 0 saturated carbocycles. The monoisotopic (exact) mass is 378 g/mol. The Kier molecular flexibility index (Phi) is 3.36. The summed E-state index contributed by atoms with van der Waals surface area (Å²) in [6.45, 7) is 0.710. The van der Waals surface area contributed by atoms with Crippen LogP contribution in [0.4, 0.5) is 0 Å². The Morgan fingerprint density at radius 3 is 3.05 bits per heavy atom. The van der Waals surface area contributed by atoms with E-state index in [0.29, 0.717) is 13.0 Å². The second kappa shape index (κ2) is 5.23. The fourth-order valence-corrected chi connectivity index (χ4v) is 5.24. The molecule has 21 heavy (non-hydrogen) atoms. The number of carbonyl (C=O) groups excluding carboxylic acids is 1. The molecule has 3 aromatic rings. The minimum Gasteiger partial charge on any atom is -0.493 e. The molecule has 0 amide bonds. The number of halogens is 1. The lowest BCUT2D eigenvalue weighted by Gasteiger charge is -2.08. The predicted octanol–water partition coefficient (Wildman–Crippen LogP) is 5.09. The highest BCUT2D eigenvalue weighted by Gasteiger charge is 2.20. The second-order valence-corrected chi connectivity index (χ2v) is 7.96. The molecule has 1 aliphatic rings. The molecule has 0 saturated heterocycles. The molecule has 4 rings (SSSR count). The summed E-state index contributed by atoms with van der Waals surface area (Å²) in [5.74, 6) is 1.07. The Balaban J connectivity index is 1.67. The van der Waals surface area contributed by atoms with Gasteiger partial charge in [0.25, 0.3) is 0 Å². The minimum absolute atomic E-state index is 0.166. The molecule has 0 spiro atoms. The Hall–Kier alpha value is -1.17. The number of rotatable bonds is 3. The van der Waals surface area contributed by atoms with Gasteiger partial charge in [-0.05, 0) is 35.2 Å². The molecule has 1 aromatic carbocycles. The van der Waals surface area contributed by atoms with Crippen LogP contribution in [0.5, 0.6) is 5.75 Å². The summed E-state index contributed by atoms with van der Waals surface area (Å²) in [5, 5.41) is 2.06. The van der Waals surface area contributed by atoms with Crippen LogP contribution in [0.15, 0.2) is 34.1 Å². The first-order chi connectivity index (χ1) is 10.2. The lowest BCUT2D eigenvalue weighted by atomic mass is 10.0. The van der Waals surface area contributed by atoms with Crippen molar-refractivity contribution >= 4 is 53.8 Å². The number of ether oxygens (including phenoxy) is 1. The third-order valence-electron chi connectivity index (χ3n) is 3.59. The largest absolute Gasteiger partial charge is 0.493 e. The van der Waals surface area contributed by atoms with Crippen molar-refractivity contribution in [3.05, 3.63) is 50.1 Å². The molecule has 0 N–H and O–H groups in total. The van der Waals surface area contributed by atoms with Gasteiger partial charge >= 0.3 is 0 Å². The minimum atomic E-state index is 0.166. The van der Waals surface area contributed by atoms with Crippen LogP contribution in [0.3, 0.4) is 0 Å². The summed E-state index contributed by atoms with van der Waals surface area (Å²) >= 11 is 6.78. The van der Waals surface area contributed by atoms with Crippen molar-refractivity contribution in [2.75, 3.05) is 6.61 Å². The number of hydrogen-bond acceptors (Lipinski definition) is 4. The number of hydrogen-bond donors (Lipinski definition) is 0. The first kappa shape index (κ1) is 13.5. The summed E-state index contributed by atoms with van der Waals surface area (Å²) < 4.78 is 9.10. The number of benzene rings is 1. The zero-order valence-corrected chi connectivity index (χ0v) is 14.2. The van der Waals surface area contributed by atoms with Crippen molar-refractivity contribution in [1.82, 2.24) is 0 Å². The topological polar surface area (TPSA) is 26.3 Å². The third kappa shape index (κ3) is 2.43. The lowest BCUT2D eigenvalue weighted by molar-refractivity contribution is 0.0996. The summed E-state index contributed by atoms with van der Waals surface area (Å²) in [6.07, 6.45) is 1.32. The summed E-state index contributed by atoms with van der Waals surface area (Å²) in [4.78, 5) is 13.4. The normalized spacial score (nSPS) is 13.4. The van der Waals surface area contributed by atoms with Crippen molar-refractivity contribution in [3.63, 3.8) is 0 Å². The molecule has 0 unspecified atom stereocenters. The average molecular weight is 379 g/mol. The number of carbonyl (C=O) groups is 1. The van der Waals surface area contributed by atoms with E-state index < -0.39 is 0 Å². The van der Waals surface area contributed by atoms with Crippen molar-refractivity contribution < 1.29 is 9.53 Å². The first-order valence-electron chi connectivity index (χ1n) is 6.65. The van der Waals surface area contributed by atoms with Crippen LogP contribution in [0.2, 0.25) is 0 Å². The number of ketones is 1. The van der Waals surface area contributed by atoms with E-state index >= 15 is 0 Å². The molecule has 0 fully saturated rings. The van der Waals surface area contributed by atoms with E-state index in [1.807, 2.05) is 12.1 Å². The SMILES string of the molecule is O=C(Cc1cc(Br)cc2c1OCC2)c1cc2sccc2s1. The van der Waals surface area contributed by atoms with Gasteiger partial charge in [0.1, 0.15) is 5.75 Å². The fraction of sp³-hybridized carbons (Fsp3) is 0.188. The summed E-state index contributed by atoms with van der Waals surface area (Å²) in [6, 6.07) is 8.16. The van der Waals surface area contributed by atoms with E-state index in [-0.39, 0.29) is 5.78 Å². The molecule has 1 aliphatic heterocycles. The molecule has 5 heteroatoms. The molecule has 0 bridgehead atoms. The van der Waals surface area contributed by atoms with E-state index in [1.54, 1.807) is 22.7 Å². The highest BCUT2D eigenvalue weighted by Crippen LogP contribution is 2.35. The summed E-state index contributed by atoms with van der Waals surface area (Å²) in [5.41, 5.74) is 2.18. The Morgan fingerprint density at radius 1 is 1.29 bits per heavy atom. The lowest BCUT2D eigenvalue weighted by Crippen LogP contribution is -2.03. The van der Waals surface area contributed by atoms with E-state index in [1.165, 1.54) is 15.0 Å². The molecule has 2 nitrogen and oxygen atoms in total. The molecule has 3 heterocycles. The number of thiophene rings is 2. The molecule has 0 radical (unpaired) electrons. The van der Waals surface area contributed by atoms with Crippen LogP contribution in [-0.2, 0) is 12.8 Å². The molecule has 106 valence electrons. The highest BCUT2D eigenvalue weighted by atomic mass is 79.9. The Bertz CT molecular complexity index is 819. The van der Waals surface area contributed by atoms with Crippen molar-refractivity contribution in [1.29, 1.82) is 0 Å². The van der Waals surface area contributed by atoms with Crippen molar-refractivity contribution in [3.8, 4) is 5.75 Å². The molecule has 0 atom stereocenters. The van der Waals surface area contributed by atoms with Gasteiger partial charge in [0.2, 0.25) is 0 Å². The van der Waals surface area contributed by atoms with Gasteiger partial charge in [-0.3, -0.25) is 4.79 Å². The van der Waals surface area contributed by atoms with Gasteiger partial charge in [0, 0.05) is 32.3 Å². The zero-order valence-electron chi connectivity index (χ0n) is 11.0. The van der Waals surface area contributed by atoms with E-state index in [2.05, 4.69) is 33.4 Å². The van der Waals surface area contributed by atoms with Crippen LogP contribution in [-0.4, -0.2) is 12.4 Å². The van der Waals surface area contributed by atoms with Gasteiger partial charge in [-0.25, -0.2) is 0 Å². The maximum absolute atomic E-state index is 12.5. The summed E-state index contributed by atoms with van der Waals surface area (Å²) in [7, 11) is 0. The number of Topliss-reactive ketones (excluding diaryl/α,β-unsaturated/α-hetero) is 1. The number of fused-ring (bicyclic) bond motifs is 2. The van der Waals surface area contributed by atoms with Crippen LogP contribution in [0.25, 0.3) is 9.40 Å². The van der Waals surface area contributed by atoms with Crippen molar-refractivity contribution in [2.45, 2.75) is 12.8 Å². The van der Waals surface area contributed by atoms with Crippen LogP contribution in [0.1, 0.15) is 20.8 Å². The van der Waals surface area contributed by atoms with Gasteiger partial charge in [0.05, 0.1) is 11.5 Å². The maximum Gasteiger partial charge on any atom is 0.177 e. The Labute approximate surface area is 138 Å². The van der Waals surface area contributed by atoms with Gasteiger partial charge in [-0.1, -0.05) is 15.9 Å². The van der Waals surface area contributed by atoms with Crippen LogP contribution in [0, 0.1) is 0 Å². The van der Waals surface area contributed by atoms with Gasteiger partial charge in [-0.2, -0.15) is 0 Å². The third-order valence-corrected chi connectivity index (χ3v) is 6.18. The molecular formula is C16H11BrO2S2. The van der Waals surface area contributed by atoms with E-state index in [4.69, 9.17) is 4.74 Å². The average Bonchev–Trinajstić information content (AvgIpc) is 3.12. The van der Waals surface area contributed by atoms with Gasteiger partial charge < -0.3 is 4.74 Å². The first-order valence-corrected chi connectivity index (χ1v) is 9.14. The van der Waals surface area contributed by atoms with Crippen molar-refractivity contribution in [2.24, 2.45) is 0 Å². The van der Waals surface area contributed by atoms with Gasteiger partial charge in [0.15, 0.2) is 5.78 Å². The van der Waals surface area contributed by atoms with E-state index in [9.17, 15) is 4.79 Å². The molecular weight excluding hydrogens is 368 g/mol. The smallest absolute Gasteiger partial charge is 0.177 e. The molecule has 2 aromatic heterocycles. The standard InChI is InChI=1S/C16H11BrO2S2/c17-11-5-9-1-3-19-16(9)10(6-11)7-12(18)14-8-15-13(21-14)2-4-20-15/h2,4-6,8H,1,3,7H2. The zero-order chi connectivity index (χ0) is 14.4. The highest BCUT2D eigenvalue weighted by molar-refractivity contribution is 9.10. The van der Waals surface area contributed by atoms with Crippen LogP contribution >= 0.6 is 38.6 Å². The maximum atomic E-state index is 12.5. The quantitative estimate of drug-likeness (QED) is 0.593. The predicted molar refractivity (Wildman–Crippen MR) is 91.1 cm³/mol. The molecule has 0 aliphatic carbocycles. The van der Waals surface area contributed by atoms with Crippen LogP contribution < -0.4 is 4.74 Å². The van der Waals surface area contributed by atoms with E-state index in [0.717, 1.165) is 27.1 Å². The second-order valence-electron chi connectivity index (χ2n) is 5.01. The Morgan fingerprint density at radius 2 is 2.19 bits per heavy atom. The fourth-order valence-electron chi connectivity index (χ4n) is 2.64.